The van der Waals surface area contributed by atoms with Gasteiger partial charge < -0.3 is 14.8 Å². The molecule has 2 atom stereocenters. The van der Waals surface area contributed by atoms with Gasteiger partial charge in [0.15, 0.2) is 0 Å². The molecule has 1 N–H and O–H groups in total. The molecule has 1 aliphatic carbocycles. The summed E-state index contributed by atoms with van der Waals surface area (Å²) in [5.74, 6) is -0.296. The second-order valence-electron chi connectivity index (χ2n) is 6.14. The number of carbonyl (C=O) groups excluding carboxylic acids is 2. The number of benzene rings is 1. The van der Waals surface area contributed by atoms with Crippen molar-refractivity contribution in [3.05, 3.63) is 48.6 Å². The molecule has 0 heterocycles. The monoisotopic (exact) mass is 331 g/mol. The van der Waals surface area contributed by atoms with Gasteiger partial charge in [-0.05, 0) is 24.8 Å². The van der Waals surface area contributed by atoms with E-state index >= 15 is 0 Å². The molecule has 130 valence electrons. The van der Waals surface area contributed by atoms with E-state index in [1.165, 1.54) is 7.11 Å². The molecule has 0 aromatic heterocycles. The van der Waals surface area contributed by atoms with Crippen molar-refractivity contribution in [1.29, 1.82) is 0 Å². The molecule has 1 saturated carbocycles. The number of nitrogens with one attached hydrogen (secondary N) is 1. The van der Waals surface area contributed by atoms with Crippen molar-refractivity contribution in [3.8, 4) is 0 Å². The first kappa shape index (κ1) is 18.0. The minimum atomic E-state index is -0.749. The van der Waals surface area contributed by atoms with Crippen LogP contribution in [-0.2, 0) is 20.9 Å². The predicted molar refractivity (Wildman–Crippen MR) is 91.3 cm³/mol. The van der Waals surface area contributed by atoms with Crippen molar-refractivity contribution in [2.45, 2.75) is 44.8 Å². The highest BCUT2D eigenvalue weighted by Crippen LogP contribution is 2.41. The summed E-state index contributed by atoms with van der Waals surface area (Å²) in [6.07, 6.45) is 4.97. The van der Waals surface area contributed by atoms with Gasteiger partial charge in [-0.25, -0.2) is 4.79 Å². The summed E-state index contributed by atoms with van der Waals surface area (Å²) >= 11 is 0. The number of ether oxygens (including phenoxy) is 2. The molecule has 1 aliphatic rings. The van der Waals surface area contributed by atoms with Crippen molar-refractivity contribution >= 4 is 12.1 Å². The van der Waals surface area contributed by atoms with Crippen LogP contribution in [0.15, 0.2) is 43.0 Å². The highest BCUT2D eigenvalue weighted by atomic mass is 16.5. The van der Waals surface area contributed by atoms with Gasteiger partial charge in [-0.3, -0.25) is 4.79 Å². The number of amides is 1. The number of esters is 1. The van der Waals surface area contributed by atoms with E-state index in [1.54, 1.807) is 6.08 Å². The molecule has 0 saturated heterocycles. The molecule has 5 heteroatoms. The molecular weight excluding hydrogens is 306 g/mol. The third-order valence-electron chi connectivity index (χ3n) is 4.64. The molecule has 24 heavy (non-hydrogen) atoms. The molecule has 0 unspecified atom stereocenters. The van der Waals surface area contributed by atoms with E-state index in [4.69, 9.17) is 9.47 Å². The van der Waals surface area contributed by atoms with Crippen LogP contribution < -0.4 is 5.32 Å². The zero-order valence-corrected chi connectivity index (χ0v) is 14.1. The van der Waals surface area contributed by atoms with Crippen LogP contribution in [0.1, 0.15) is 37.7 Å². The van der Waals surface area contributed by atoms with Gasteiger partial charge in [0, 0.05) is 6.04 Å². The minimum Gasteiger partial charge on any atom is -0.469 e. The Labute approximate surface area is 143 Å². The molecule has 0 radical (unpaired) electrons. The maximum absolute atomic E-state index is 12.4. The number of hydrogen-bond donors (Lipinski definition) is 1. The normalized spacial score (nSPS) is 23.1. The number of hydrogen-bond acceptors (Lipinski definition) is 4. The molecule has 0 spiro atoms. The largest absolute Gasteiger partial charge is 0.469 e. The molecule has 5 nitrogen and oxygen atoms in total. The lowest BCUT2D eigenvalue weighted by atomic mass is 9.68. The first-order valence-corrected chi connectivity index (χ1v) is 8.29. The predicted octanol–water partition coefficient (Wildman–Crippen LogP) is 3.59. The number of methoxy groups -OCH3 is 1. The van der Waals surface area contributed by atoms with Gasteiger partial charge in [-0.15, -0.1) is 6.58 Å². The molecule has 0 aliphatic heterocycles. The molecule has 2 rings (SSSR count). The molecule has 1 fully saturated rings. The lowest BCUT2D eigenvalue weighted by molar-refractivity contribution is -0.156. The Balaban J connectivity index is 2.02. The van der Waals surface area contributed by atoms with Crippen LogP contribution in [0.3, 0.4) is 0 Å². The van der Waals surface area contributed by atoms with E-state index < -0.39 is 11.5 Å². The van der Waals surface area contributed by atoms with Crippen LogP contribution in [0, 0.1) is 5.41 Å². The van der Waals surface area contributed by atoms with Crippen LogP contribution in [0.25, 0.3) is 0 Å². The summed E-state index contributed by atoms with van der Waals surface area (Å²) in [7, 11) is 1.38. The van der Waals surface area contributed by atoms with E-state index in [0.717, 1.165) is 24.8 Å². The topological polar surface area (TPSA) is 64.6 Å². The van der Waals surface area contributed by atoms with Crippen LogP contribution in [0.2, 0.25) is 0 Å². The third-order valence-corrected chi connectivity index (χ3v) is 4.64. The van der Waals surface area contributed by atoms with Crippen molar-refractivity contribution in [2.75, 3.05) is 7.11 Å². The maximum Gasteiger partial charge on any atom is 0.407 e. The van der Waals surface area contributed by atoms with Crippen molar-refractivity contribution < 1.29 is 19.1 Å². The van der Waals surface area contributed by atoms with Crippen LogP contribution >= 0.6 is 0 Å². The van der Waals surface area contributed by atoms with E-state index in [2.05, 4.69) is 11.9 Å². The Morgan fingerprint density at radius 3 is 2.75 bits per heavy atom. The summed E-state index contributed by atoms with van der Waals surface area (Å²) in [5, 5.41) is 2.87. The van der Waals surface area contributed by atoms with E-state index in [1.807, 2.05) is 30.3 Å². The Morgan fingerprint density at radius 1 is 1.33 bits per heavy atom. The highest BCUT2D eigenvalue weighted by Gasteiger charge is 2.48. The number of allylic oxidation sites excluding steroid dienone is 1. The van der Waals surface area contributed by atoms with E-state index in [9.17, 15) is 9.59 Å². The Morgan fingerprint density at radius 2 is 2.08 bits per heavy atom. The first-order chi connectivity index (χ1) is 11.6. The third kappa shape index (κ3) is 4.16. The van der Waals surface area contributed by atoms with Gasteiger partial charge in [-0.2, -0.15) is 0 Å². The summed E-state index contributed by atoms with van der Waals surface area (Å²) < 4.78 is 10.3. The molecule has 1 aromatic carbocycles. The fourth-order valence-electron chi connectivity index (χ4n) is 3.39. The average Bonchev–Trinajstić information content (AvgIpc) is 2.62. The Kier molecular flexibility index (Phi) is 6.41. The zero-order chi connectivity index (χ0) is 17.4. The lowest BCUT2D eigenvalue weighted by Crippen LogP contribution is -2.54. The van der Waals surface area contributed by atoms with Crippen LogP contribution in [-0.4, -0.2) is 25.2 Å². The van der Waals surface area contributed by atoms with Gasteiger partial charge in [0.2, 0.25) is 0 Å². The standard InChI is InChI=1S/C19H25NO4/c1-3-12-19(17(21)23-2)13-8-7-11-16(19)20-18(22)24-14-15-9-5-4-6-10-15/h3-6,9-10,16H,1,7-8,11-14H2,2H3,(H,20,22)/t16-,19+/m0/s1. The summed E-state index contributed by atoms with van der Waals surface area (Å²) in [4.78, 5) is 24.6. The van der Waals surface area contributed by atoms with E-state index in [0.29, 0.717) is 12.8 Å². The number of rotatable bonds is 6. The molecule has 1 aromatic rings. The highest BCUT2D eigenvalue weighted by molar-refractivity contribution is 5.79. The van der Waals surface area contributed by atoms with Crippen molar-refractivity contribution in [2.24, 2.45) is 5.41 Å². The fraction of sp³-hybridized carbons (Fsp3) is 0.474. The van der Waals surface area contributed by atoms with Crippen LogP contribution in [0.4, 0.5) is 4.79 Å². The maximum atomic E-state index is 12.4. The SMILES string of the molecule is C=CC[C@@]1(C(=O)OC)CCCC[C@@H]1NC(=O)OCc1ccccc1. The molecule has 0 bridgehead atoms. The second kappa shape index (κ2) is 8.52. The quantitative estimate of drug-likeness (QED) is 0.639. The first-order valence-electron chi connectivity index (χ1n) is 8.29. The van der Waals surface area contributed by atoms with Gasteiger partial charge in [0.25, 0.3) is 0 Å². The van der Waals surface area contributed by atoms with Gasteiger partial charge in [-0.1, -0.05) is 49.2 Å². The van der Waals surface area contributed by atoms with Crippen molar-refractivity contribution in [1.82, 2.24) is 5.32 Å². The molecule has 1 amide bonds. The summed E-state index contributed by atoms with van der Waals surface area (Å²) in [6.45, 7) is 3.95. The smallest absolute Gasteiger partial charge is 0.407 e. The Hall–Kier alpha value is -2.30. The summed E-state index contributed by atoms with van der Waals surface area (Å²) in [5.41, 5.74) is 0.169. The van der Waals surface area contributed by atoms with Crippen LogP contribution in [0.5, 0.6) is 0 Å². The minimum absolute atomic E-state index is 0.200. The summed E-state index contributed by atoms with van der Waals surface area (Å²) in [6, 6.07) is 9.18. The average molecular weight is 331 g/mol. The van der Waals surface area contributed by atoms with E-state index in [-0.39, 0.29) is 18.6 Å². The lowest BCUT2D eigenvalue weighted by Gasteiger charge is -2.41. The number of alkyl carbamates (subject to hydrolysis) is 1. The zero-order valence-electron chi connectivity index (χ0n) is 14.1. The van der Waals surface area contributed by atoms with Gasteiger partial charge >= 0.3 is 12.1 Å². The number of carbonyl (C=O) groups is 2. The second-order valence-corrected chi connectivity index (χ2v) is 6.14. The van der Waals surface area contributed by atoms with Crippen molar-refractivity contribution in [3.63, 3.8) is 0 Å². The molecular formula is C19H25NO4. The Bertz CT molecular complexity index is 572. The van der Waals surface area contributed by atoms with Gasteiger partial charge in [0.1, 0.15) is 6.61 Å². The fourth-order valence-corrected chi connectivity index (χ4v) is 3.39. The van der Waals surface area contributed by atoms with Gasteiger partial charge in [0.05, 0.1) is 12.5 Å².